The maximum Gasteiger partial charge on any atom is 0.410 e. The zero-order valence-corrected chi connectivity index (χ0v) is 25.4. The fourth-order valence-electron chi connectivity index (χ4n) is 6.14. The topological polar surface area (TPSA) is 135 Å². The Bertz CT molecular complexity index is 1380. The van der Waals surface area contributed by atoms with Gasteiger partial charge in [-0.3, -0.25) is 10.2 Å². The molecule has 2 saturated heterocycles. The van der Waals surface area contributed by atoms with Crippen LogP contribution in [-0.4, -0.2) is 85.0 Å². The normalized spacial score (nSPS) is 24.7. The first-order chi connectivity index (χ1) is 19.5. The number of hydrogen-bond donors (Lipinski definition) is 3. The van der Waals surface area contributed by atoms with Crippen LogP contribution in [0.15, 0.2) is 41.3 Å². The number of piperidine rings is 1. The Morgan fingerprint density at radius 3 is 2.56 bits per heavy atom. The van der Waals surface area contributed by atoms with Crippen molar-refractivity contribution in [2.45, 2.75) is 81.3 Å². The fourth-order valence-corrected chi connectivity index (χ4v) is 8.64. The van der Waals surface area contributed by atoms with Crippen LogP contribution in [0.4, 0.5) is 4.79 Å². The number of nitrogens with zero attached hydrogens (tertiary/aromatic N) is 3. The van der Waals surface area contributed by atoms with Crippen LogP contribution in [0, 0.1) is 17.2 Å². The molecule has 3 fully saturated rings. The minimum atomic E-state index is -3.52. The van der Waals surface area contributed by atoms with Gasteiger partial charge in [0.1, 0.15) is 17.9 Å². The van der Waals surface area contributed by atoms with Gasteiger partial charge in [0.2, 0.25) is 10.0 Å². The van der Waals surface area contributed by atoms with Crippen molar-refractivity contribution < 1.29 is 23.1 Å². The van der Waals surface area contributed by atoms with Crippen LogP contribution in [0.1, 0.15) is 44.9 Å². The van der Waals surface area contributed by atoms with E-state index in [0.717, 1.165) is 34.6 Å². The van der Waals surface area contributed by atoms with Crippen molar-refractivity contribution in [1.29, 1.82) is 5.26 Å². The number of aliphatic hydroxyl groups is 1. The number of amides is 1. The summed E-state index contributed by atoms with van der Waals surface area (Å²) < 4.78 is 33.0. The Labute approximate surface area is 246 Å². The van der Waals surface area contributed by atoms with Gasteiger partial charge in [0, 0.05) is 48.4 Å². The third kappa shape index (κ3) is 6.61. The van der Waals surface area contributed by atoms with Crippen molar-refractivity contribution in [2.24, 2.45) is 5.92 Å². The van der Waals surface area contributed by atoms with Crippen LogP contribution in [-0.2, 0) is 21.2 Å². The van der Waals surface area contributed by atoms with E-state index in [9.17, 15) is 23.6 Å². The lowest BCUT2D eigenvalue weighted by Crippen LogP contribution is -2.57. The molecule has 3 heterocycles. The summed E-state index contributed by atoms with van der Waals surface area (Å²) in [4.78, 5) is 16.9. The number of sulfonamides is 1. The van der Waals surface area contributed by atoms with Crippen molar-refractivity contribution in [3.05, 3.63) is 41.3 Å². The molecule has 1 aliphatic carbocycles. The quantitative estimate of drug-likeness (QED) is 0.393. The molecule has 3 aliphatic rings. The van der Waals surface area contributed by atoms with Gasteiger partial charge in [-0.1, -0.05) is 12.1 Å². The van der Waals surface area contributed by atoms with E-state index in [2.05, 4.69) is 16.7 Å². The number of nitrogens with one attached hydrogen (secondary N) is 2. The zero-order valence-electron chi connectivity index (χ0n) is 23.7. The van der Waals surface area contributed by atoms with Gasteiger partial charge in [-0.25, -0.2) is 13.2 Å². The number of likely N-dealkylation sites (tertiary alicyclic amines) is 1. The third-order valence-corrected chi connectivity index (χ3v) is 11.1. The first-order valence-corrected chi connectivity index (χ1v) is 16.5. The zero-order chi connectivity index (χ0) is 29.4. The molecule has 1 aromatic heterocycles. The molecule has 1 saturated carbocycles. The average molecular weight is 602 g/mol. The Hall–Kier alpha value is -2.53. The second-order valence-electron chi connectivity index (χ2n) is 12.0. The number of nitriles is 1. The number of piperazine rings is 1. The second-order valence-corrected chi connectivity index (χ2v) is 15.2. The predicted octanol–water partition coefficient (Wildman–Crippen LogP) is 3.14. The molecule has 0 radical (unpaired) electrons. The summed E-state index contributed by atoms with van der Waals surface area (Å²) in [6, 6.07) is 12.1. The molecule has 5 atom stereocenters. The highest BCUT2D eigenvalue weighted by Gasteiger charge is 2.52. The lowest BCUT2D eigenvalue weighted by atomic mass is 9.96. The van der Waals surface area contributed by atoms with Crippen molar-refractivity contribution in [3.8, 4) is 16.5 Å². The molecule has 1 aromatic carbocycles. The molecule has 5 rings (SSSR count). The Kier molecular flexibility index (Phi) is 8.76. The van der Waals surface area contributed by atoms with E-state index in [-0.39, 0.29) is 16.9 Å². The van der Waals surface area contributed by atoms with E-state index in [1.54, 1.807) is 17.0 Å². The molecule has 2 aliphatic heterocycles. The van der Waals surface area contributed by atoms with Crippen LogP contribution in [0.5, 0.6) is 0 Å². The van der Waals surface area contributed by atoms with Crippen LogP contribution in [0.2, 0.25) is 0 Å². The molecular formula is C29H39N5O5S2. The predicted molar refractivity (Wildman–Crippen MR) is 157 cm³/mol. The van der Waals surface area contributed by atoms with Crippen LogP contribution >= 0.6 is 11.3 Å². The van der Waals surface area contributed by atoms with E-state index in [1.165, 1.54) is 15.6 Å². The molecule has 0 spiro atoms. The summed E-state index contributed by atoms with van der Waals surface area (Å²) >= 11 is 1.53. The number of rotatable bonds is 8. The number of carbonyl (C=O) groups excluding carboxylic acids is 1. The van der Waals surface area contributed by atoms with Gasteiger partial charge in [0.15, 0.2) is 0 Å². The smallest absolute Gasteiger partial charge is 0.410 e. The largest absolute Gasteiger partial charge is 0.444 e. The maximum atomic E-state index is 13.0. The molecule has 1 amide bonds. The van der Waals surface area contributed by atoms with Crippen molar-refractivity contribution in [3.63, 3.8) is 0 Å². The molecule has 2 unspecified atom stereocenters. The van der Waals surface area contributed by atoms with Crippen LogP contribution in [0.25, 0.3) is 10.4 Å². The maximum absolute atomic E-state index is 13.0. The van der Waals surface area contributed by atoms with E-state index < -0.39 is 40.0 Å². The number of hydrogen-bond acceptors (Lipinski definition) is 9. The van der Waals surface area contributed by atoms with Crippen LogP contribution in [0.3, 0.4) is 0 Å². The first-order valence-electron chi connectivity index (χ1n) is 14.2. The van der Waals surface area contributed by atoms with E-state index in [0.29, 0.717) is 32.6 Å². The Morgan fingerprint density at radius 1 is 1.20 bits per heavy atom. The highest BCUT2D eigenvalue weighted by molar-refractivity contribution is 7.89. The van der Waals surface area contributed by atoms with Gasteiger partial charge < -0.3 is 15.2 Å². The van der Waals surface area contributed by atoms with Gasteiger partial charge in [-0.15, -0.1) is 11.3 Å². The van der Waals surface area contributed by atoms with Gasteiger partial charge in [-0.2, -0.15) is 9.57 Å². The number of benzene rings is 1. The number of carbonyl (C=O) groups is 1. The molecule has 3 N–H and O–H groups in total. The molecule has 222 valence electrons. The monoisotopic (exact) mass is 601 g/mol. The number of thiophene rings is 1. The standard InChI is InChI=1S/C29H39N5O5S2/c1-29(2,3)39-28(36)34-22-7-4-20(16-22)26(34)27(35)32-21(18-30)17-23-8-11-25(40-23)19-5-9-24(10-6-19)41(37,38)33-14-12-31-13-15-33/h5-6,8-11,20-22,26-27,31-32,35H,4,7,12-17H2,1-3H3/t20-,21-,22+,26?,27?/m0/s1. The minimum absolute atomic E-state index is 0.0509. The van der Waals surface area contributed by atoms with Gasteiger partial charge in [-0.05, 0) is 75.8 Å². The Morgan fingerprint density at radius 2 is 1.90 bits per heavy atom. The summed E-state index contributed by atoms with van der Waals surface area (Å²) in [6.07, 6.45) is 1.60. The first kappa shape index (κ1) is 29.9. The summed E-state index contributed by atoms with van der Waals surface area (Å²) in [5.74, 6) is 0.168. The fraction of sp³-hybridized carbons (Fsp3) is 0.586. The van der Waals surface area contributed by atoms with Crippen molar-refractivity contribution >= 4 is 27.5 Å². The van der Waals surface area contributed by atoms with Crippen LogP contribution < -0.4 is 10.6 Å². The molecule has 2 aromatic rings. The number of ether oxygens (including phenoxy) is 1. The summed E-state index contributed by atoms with van der Waals surface area (Å²) in [7, 11) is -3.52. The molecule has 12 heteroatoms. The Balaban J connectivity index is 1.22. The van der Waals surface area contributed by atoms with Gasteiger partial charge in [0.25, 0.3) is 0 Å². The lowest BCUT2D eigenvalue weighted by molar-refractivity contribution is -0.0283. The van der Waals surface area contributed by atoms with Gasteiger partial charge in [0.05, 0.1) is 17.0 Å². The highest BCUT2D eigenvalue weighted by Crippen LogP contribution is 2.44. The van der Waals surface area contributed by atoms with E-state index in [4.69, 9.17) is 4.74 Å². The third-order valence-electron chi connectivity index (χ3n) is 8.02. The average Bonchev–Trinajstić information content (AvgIpc) is 3.69. The summed E-state index contributed by atoms with van der Waals surface area (Å²) in [5.41, 5.74) is 0.269. The van der Waals surface area contributed by atoms with E-state index in [1.807, 2.05) is 45.0 Å². The SMILES string of the molecule is CC(C)(C)OC(=O)N1C(C(O)N[C@H](C#N)Cc2ccc(-c3ccc(S(=O)(=O)N4CCNCC4)cc3)s2)[C@H]2CC[C@@H]1C2. The van der Waals surface area contributed by atoms with E-state index >= 15 is 0 Å². The summed E-state index contributed by atoms with van der Waals surface area (Å²) in [6.45, 7) is 7.70. The van der Waals surface area contributed by atoms with Gasteiger partial charge >= 0.3 is 6.09 Å². The lowest BCUT2D eigenvalue weighted by Gasteiger charge is -2.39. The van der Waals surface area contributed by atoms with Crippen molar-refractivity contribution in [1.82, 2.24) is 19.8 Å². The number of aliphatic hydroxyl groups excluding tert-OH is 1. The van der Waals surface area contributed by atoms with Crippen molar-refractivity contribution in [2.75, 3.05) is 26.2 Å². The molecule has 10 nitrogen and oxygen atoms in total. The summed E-state index contributed by atoms with van der Waals surface area (Å²) in [5, 5.41) is 27.3. The number of fused-ring (bicyclic) bond motifs is 2. The molecule has 41 heavy (non-hydrogen) atoms. The minimum Gasteiger partial charge on any atom is -0.444 e. The molecular weight excluding hydrogens is 562 g/mol. The molecule has 2 bridgehead atoms. The second kappa shape index (κ2) is 12.0. The highest BCUT2D eigenvalue weighted by atomic mass is 32.2.